The van der Waals surface area contributed by atoms with Gasteiger partial charge in [-0.3, -0.25) is 9.78 Å². The highest BCUT2D eigenvalue weighted by Crippen LogP contribution is 2.32. The van der Waals surface area contributed by atoms with Gasteiger partial charge in [-0.15, -0.1) is 0 Å². The maximum absolute atomic E-state index is 12.3. The molecule has 0 atom stereocenters. The number of pyridine rings is 1. The summed E-state index contributed by atoms with van der Waals surface area (Å²) in [6.45, 7) is 0.133. The summed E-state index contributed by atoms with van der Waals surface area (Å²) in [5.74, 6) is 0.739. The Morgan fingerprint density at radius 1 is 1.06 bits per heavy atom. The normalized spacial score (nSPS) is 11.9. The first kappa shape index (κ1) is 19.9. The maximum Gasteiger partial charge on any atom is 0.345 e. The van der Waals surface area contributed by atoms with Crippen LogP contribution in [-0.2, 0) is 0 Å². The molecule has 3 aromatic rings. The Labute approximate surface area is 177 Å². The largest absolute Gasteiger partial charge is 0.493 e. The Bertz CT molecular complexity index is 1150. The molecule has 0 saturated carbocycles. The second kappa shape index (κ2) is 8.95. The topological polar surface area (TPSA) is 108 Å². The third kappa shape index (κ3) is 4.61. The van der Waals surface area contributed by atoms with Crippen LogP contribution in [0, 0.1) is 0 Å². The molecule has 1 aromatic heterocycles. The van der Waals surface area contributed by atoms with Crippen molar-refractivity contribution in [3.63, 3.8) is 0 Å². The molecule has 2 heterocycles. The number of nitrogens with zero attached hydrogens (tertiary/aromatic N) is 2. The number of aromatic nitrogens is 1. The SMILES string of the molecule is COc1cc(/C=N/NC(=O)c2ccc3c(c2)OCO3)ccc1OC(=O)c1cccnc1. The number of amides is 1. The number of fused-ring (bicyclic) bond motifs is 1. The highest BCUT2D eigenvalue weighted by Gasteiger charge is 2.16. The molecule has 0 fully saturated rings. The Kier molecular flexibility index (Phi) is 5.75. The fraction of sp³-hybridized carbons (Fsp3) is 0.0909. The first-order valence-corrected chi connectivity index (χ1v) is 9.17. The summed E-state index contributed by atoms with van der Waals surface area (Å²) in [5.41, 5.74) is 3.78. The molecule has 1 amide bonds. The number of hydrazone groups is 1. The van der Waals surface area contributed by atoms with Crippen LogP contribution in [0.1, 0.15) is 26.3 Å². The Morgan fingerprint density at radius 3 is 2.74 bits per heavy atom. The number of rotatable bonds is 6. The average Bonchev–Trinajstić information content (AvgIpc) is 3.28. The number of hydrogen-bond donors (Lipinski definition) is 1. The standard InChI is InChI=1S/C22H17N3O6/c1-28-19-9-14(4-6-18(19)31-22(27)16-3-2-8-23-12-16)11-24-25-21(26)15-5-7-17-20(10-15)30-13-29-17/h2-12H,13H2,1H3,(H,25,26)/b24-11+. The van der Waals surface area contributed by atoms with E-state index in [0.29, 0.717) is 33.9 Å². The predicted molar refractivity (Wildman–Crippen MR) is 110 cm³/mol. The average molecular weight is 419 g/mol. The molecule has 9 heteroatoms. The van der Waals surface area contributed by atoms with Crippen molar-refractivity contribution < 1.29 is 28.5 Å². The molecule has 0 saturated heterocycles. The van der Waals surface area contributed by atoms with Crippen molar-refractivity contribution in [2.45, 2.75) is 0 Å². The Hall–Kier alpha value is -4.40. The number of nitrogens with one attached hydrogen (secondary N) is 1. The summed E-state index contributed by atoms with van der Waals surface area (Å²) in [5, 5.41) is 3.96. The van der Waals surface area contributed by atoms with Crippen LogP contribution in [0.2, 0.25) is 0 Å². The molecule has 0 aliphatic carbocycles. The molecule has 4 rings (SSSR count). The first-order valence-electron chi connectivity index (χ1n) is 9.17. The minimum atomic E-state index is -0.552. The van der Waals surface area contributed by atoms with E-state index in [0.717, 1.165) is 0 Å². The number of carbonyl (C=O) groups is 2. The van der Waals surface area contributed by atoms with Gasteiger partial charge in [-0.1, -0.05) is 0 Å². The summed E-state index contributed by atoms with van der Waals surface area (Å²) in [4.78, 5) is 28.4. The zero-order chi connectivity index (χ0) is 21.6. The predicted octanol–water partition coefficient (Wildman–Crippen LogP) is 2.80. The molecule has 31 heavy (non-hydrogen) atoms. The second-order valence-electron chi connectivity index (χ2n) is 6.31. The van der Waals surface area contributed by atoms with Crippen molar-refractivity contribution in [3.05, 3.63) is 77.6 Å². The molecular weight excluding hydrogens is 402 g/mol. The van der Waals surface area contributed by atoms with E-state index in [1.54, 1.807) is 54.7 Å². The lowest BCUT2D eigenvalue weighted by Crippen LogP contribution is -2.17. The van der Waals surface area contributed by atoms with Gasteiger partial charge < -0.3 is 18.9 Å². The van der Waals surface area contributed by atoms with Crippen LogP contribution in [0.25, 0.3) is 0 Å². The van der Waals surface area contributed by atoms with Crippen LogP contribution in [-0.4, -0.2) is 37.0 Å². The van der Waals surface area contributed by atoms with Gasteiger partial charge in [0.1, 0.15) is 0 Å². The number of ether oxygens (including phenoxy) is 4. The molecular formula is C22H17N3O6. The van der Waals surface area contributed by atoms with Crippen LogP contribution < -0.4 is 24.4 Å². The van der Waals surface area contributed by atoms with E-state index >= 15 is 0 Å². The van der Waals surface area contributed by atoms with Crippen LogP contribution >= 0.6 is 0 Å². The van der Waals surface area contributed by atoms with Crippen LogP contribution in [0.4, 0.5) is 0 Å². The van der Waals surface area contributed by atoms with Gasteiger partial charge in [0.25, 0.3) is 5.91 Å². The summed E-state index contributed by atoms with van der Waals surface area (Å²) >= 11 is 0. The molecule has 0 spiro atoms. The van der Waals surface area contributed by atoms with Crippen molar-refractivity contribution in [2.75, 3.05) is 13.9 Å². The molecule has 1 aliphatic rings. The number of benzene rings is 2. The summed E-state index contributed by atoms with van der Waals surface area (Å²) < 4.78 is 21.2. The third-order valence-corrected chi connectivity index (χ3v) is 4.30. The van der Waals surface area contributed by atoms with Crippen molar-refractivity contribution in [3.8, 4) is 23.0 Å². The number of carbonyl (C=O) groups excluding carboxylic acids is 2. The van der Waals surface area contributed by atoms with Gasteiger partial charge in [-0.25, -0.2) is 10.2 Å². The van der Waals surface area contributed by atoms with Gasteiger partial charge in [0.2, 0.25) is 6.79 Å². The molecule has 2 aromatic carbocycles. The van der Waals surface area contributed by atoms with Crippen molar-refractivity contribution >= 4 is 18.1 Å². The molecule has 0 radical (unpaired) electrons. The molecule has 0 unspecified atom stereocenters. The lowest BCUT2D eigenvalue weighted by molar-refractivity contribution is 0.0729. The minimum Gasteiger partial charge on any atom is -0.493 e. The monoisotopic (exact) mass is 419 g/mol. The van der Waals surface area contributed by atoms with E-state index in [9.17, 15) is 9.59 Å². The van der Waals surface area contributed by atoms with E-state index in [-0.39, 0.29) is 12.5 Å². The number of hydrogen-bond acceptors (Lipinski definition) is 8. The number of methoxy groups -OCH3 is 1. The lowest BCUT2D eigenvalue weighted by atomic mass is 10.2. The van der Waals surface area contributed by atoms with Crippen molar-refractivity contribution in [1.82, 2.24) is 10.4 Å². The van der Waals surface area contributed by atoms with Crippen molar-refractivity contribution in [1.29, 1.82) is 0 Å². The first-order chi connectivity index (χ1) is 15.1. The van der Waals surface area contributed by atoms with Gasteiger partial charge in [0.15, 0.2) is 23.0 Å². The van der Waals surface area contributed by atoms with Crippen LogP contribution in [0.5, 0.6) is 23.0 Å². The lowest BCUT2D eigenvalue weighted by Gasteiger charge is -2.09. The van der Waals surface area contributed by atoms with E-state index in [1.807, 2.05) is 0 Å². The quantitative estimate of drug-likeness (QED) is 0.283. The van der Waals surface area contributed by atoms with Gasteiger partial charge in [-0.05, 0) is 54.1 Å². The fourth-order valence-corrected chi connectivity index (χ4v) is 2.76. The van der Waals surface area contributed by atoms with Gasteiger partial charge in [0, 0.05) is 18.0 Å². The Morgan fingerprint density at radius 2 is 1.94 bits per heavy atom. The maximum atomic E-state index is 12.3. The molecule has 1 N–H and O–H groups in total. The zero-order valence-electron chi connectivity index (χ0n) is 16.4. The minimum absolute atomic E-state index is 0.133. The van der Waals surface area contributed by atoms with Crippen LogP contribution in [0.15, 0.2) is 66.0 Å². The smallest absolute Gasteiger partial charge is 0.345 e. The number of esters is 1. The molecule has 9 nitrogen and oxygen atoms in total. The van der Waals surface area contributed by atoms with Gasteiger partial charge in [-0.2, -0.15) is 5.10 Å². The zero-order valence-corrected chi connectivity index (χ0v) is 16.4. The van der Waals surface area contributed by atoms with Gasteiger partial charge >= 0.3 is 5.97 Å². The molecule has 0 bridgehead atoms. The fourth-order valence-electron chi connectivity index (χ4n) is 2.76. The van der Waals surface area contributed by atoms with Crippen molar-refractivity contribution in [2.24, 2.45) is 5.10 Å². The van der Waals surface area contributed by atoms with E-state index in [1.165, 1.54) is 19.5 Å². The van der Waals surface area contributed by atoms with E-state index in [2.05, 4.69) is 15.5 Å². The molecule has 156 valence electrons. The third-order valence-electron chi connectivity index (χ3n) is 4.30. The van der Waals surface area contributed by atoms with Crippen LogP contribution in [0.3, 0.4) is 0 Å². The highest BCUT2D eigenvalue weighted by molar-refractivity contribution is 5.95. The van der Waals surface area contributed by atoms with E-state index < -0.39 is 11.9 Å². The summed E-state index contributed by atoms with van der Waals surface area (Å²) in [7, 11) is 1.46. The van der Waals surface area contributed by atoms with E-state index in [4.69, 9.17) is 18.9 Å². The summed E-state index contributed by atoms with van der Waals surface area (Å²) in [6.07, 6.45) is 4.43. The molecule has 1 aliphatic heterocycles. The Balaban J connectivity index is 1.41. The summed E-state index contributed by atoms with van der Waals surface area (Å²) in [6, 6.07) is 13.0. The van der Waals surface area contributed by atoms with Gasteiger partial charge in [0.05, 0.1) is 18.9 Å². The second-order valence-corrected chi connectivity index (χ2v) is 6.31. The highest BCUT2D eigenvalue weighted by atomic mass is 16.7.